The Balaban J connectivity index is 1.43. The Kier molecular flexibility index (Phi) is 5.33. The summed E-state index contributed by atoms with van der Waals surface area (Å²) < 4.78 is 24.2. The van der Waals surface area contributed by atoms with Crippen LogP contribution in [0.2, 0.25) is 0 Å². The summed E-state index contributed by atoms with van der Waals surface area (Å²) in [6.45, 7) is 0.184. The number of benzene rings is 3. The lowest BCUT2D eigenvalue weighted by molar-refractivity contribution is 0.0948. The third-order valence-electron chi connectivity index (χ3n) is 4.22. The number of hydrogen-bond acceptors (Lipinski definition) is 4. The molecule has 3 aromatic carbocycles. The van der Waals surface area contributed by atoms with Crippen molar-refractivity contribution in [1.29, 1.82) is 0 Å². The number of amides is 1. The van der Waals surface area contributed by atoms with E-state index in [1.807, 2.05) is 36.4 Å². The molecule has 0 saturated carbocycles. The molecule has 4 aromatic rings. The van der Waals surface area contributed by atoms with E-state index in [-0.39, 0.29) is 18.3 Å². The summed E-state index contributed by atoms with van der Waals surface area (Å²) in [5.74, 6) is 0.999. The molecular weight excluding hydrogens is 371 g/mol. The van der Waals surface area contributed by atoms with E-state index in [2.05, 4.69) is 10.5 Å². The van der Waals surface area contributed by atoms with Crippen molar-refractivity contribution in [3.05, 3.63) is 102 Å². The standard InChI is InChI=1S/C23H17FN2O3/c24-17-12-10-16(11-13-17)22-14-18(26-29-22)15-25-23(27)20-8-4-5-9-21(20)28-19-6-2-1-3-7-19/h1-14H,15H2,(H,25,27). The minimum Gasteiger partial charge on any atom is -0.457 e. The molecule has 0 aliphatic rings. The minimum absolute atomic E-state index is 0.184. The van der Waals surface area contributed by atoms with E-state index in [0.717, 1.165) is 0 Å². The van der Waals surface area contributed by atoms with E-state index in [9.17, 15) is 9.18 Å². The molecule has 0 unspecified atom stereocenters. The van der Waals surface area contributed by atoms with Gasteiger partial charge in [0.2, 0.25) is 0 Å². The molecule has 1 N–H and O–H groups in total. The van der Waals surface area contributed by atoms with Crippen LogP contribution in [0.15, 0.2) is 89.5 Å². The van der Waals surface area contributed by atoms with Crippen LogP contribution in [0.3, 0.4) is 0 Å². The molecule has 29 heavy (non-hydrogen) atoms. The number of nitrogens with zero attached hydrogens (tertiary/aromatic N) is 1. The first-order valence-corrected chi connectivity index (χ1v) is 9.01. The largest absolute Gasteiger partial charge is 0.457 e. The van der Waals surface area contributed by atoms with Gasteiger partial charge in [0.1, 0.15) is 23.0 Å². The van der Waals surface area contributed by atoms with Crippen molar-refractivity contribution in [1.82, 2.24) is 10.5 Å². The lowest BCUT2D eigenvalue weighted by Crippen LogP contribution is -2.23. The van der Waals surface area contributed by atoms with Gasteiger partial charge in [0.25, 0.3) is 5.91 Å². The van der Waals surface area contributed by atoms with Gasteiger partial charge in [-0.2, -0.15) is 0 Å². The highest BCUT2D eigenvalue weighted by Gasteiger charge is 2.14. The number of para-hydroxylation sites is 2. The van der Waals surface area contributed by atoms with Crippen LogP contribution >= 0.6 is 0 Å². The number of carbonyl (C=O) groups is 1. The highest BCUT2D eigenvalue weighted by molar-refractivity contribution is 5.96. The molecule has 0 fully saturated rings. The number of aromatic nitrogens is 1. The SMILES string of the molecule is O=C(NCc1cc(-c2ccc(F)cc2)on1)c1ccccc1Oc1ccccc1. The molecule has 0 aliphatic heterocycles. The van der Waals surface area contributed by atoms with Crippen molar-refractivity contribution in [2.24, 2.45) is 0 Å². The minimum atomic E-state index is -0.322. The molecule has 0 aliphatic carbocycles. The highest BCUT2D eigenvalue weighted by Crippen LogP contribution is 2.25. The molecule has 144 valence electrons. The first-order chi connectivity index (χ1) is 14.2. The third kappa shape index (κ3) is 4.50. The molecule has 5 nitrogen and oxygen atoms in total. The maximum absolute atomic E-state index is 13.0. The van der Waals surface area contributed by atoms with Crippen molar-refractivity contribution in [2.75, 3.05) is 0 Å². The van der Waals surface area contributed by atoms with E-state index in [1.165, 1.54) is 12.1 Å². The zero-order valence-electron chi connectivity index (χ0n) is 15.3. The monoisotopic (exact) mass is 388 g/mol. The second-order valence-corrected chi connectivity index (χ2v) is 6.28. The quantitative estimate of drug-likeness (QED) is 0.493. The maximum atomic E-state index is 13.0. The van der Waals surface area contributed by atoms with Crippen LogP contribution < -0.4 is 10.1 Å². The molecule has 1 heterocycles. The summed E-state index contributed by atoms with van der Waals surface area (Å²) in [6.07, 6.45) is 0. The van der Waals surface area contributed by atoms with E-state index in [0.29, 0.717) is 34.1 Å². The van der Waals surface area contributed by atoms with Crippen LogP contribution in [0.25, 0.3) is 11.3 Å². The number of hydrogen-bond donors (Lipinski definition) is 1. The van der Waals surface area contributed by atoms with Crippen molar-refractivity contribution in [3.63, 3.8) is 0 Å². The second-order valence-electron chi connectivity index (χ2n) is 6.28. The van der Waals surface area contributed by atoms with Crippen LogP contribution in [0.1, 0.15) is 16.1 Å². The lowest BCUT2D eigenvalue weighted by atomic mass is 10.1. The van der Waals surface area contributed by atoms with Gasteiger partial charge in [-0.25, -0.2) is 4.39 Å². The zero-order chi connectivity index (χ0) is 20.1. The highest BCUT2D eigenvalue weighted by atomic mass is 19.1. The molecule has 1 amide bonds. The molecule has 6 heteroatoms. The van der Waals surface area contributed by atoms with Gasteiger partial charge < -0.3 is 14.6 Å². The van der Waals surface area contributed by atoms with Crippen LogP contribution in [0, 0.1) is 5.82 Å². The van der Waals surface area contributed by atoms with Crippen LogP contribution in [-0.4, -0.2) is 11.1 Å². The fourth-order valence-electron chi connectivity index (χ4n) is 2.77. The maximum Gasteiger partial charge on any atom is 0.255 e. The fourth-order valence-corrected chi connectivity index (χ4v) is 2.77. The predicted molar refractivity (Wildman–Crippen MR) is 106 cm³/mol. The first kappa shape index (κ1) is 18.4. The Hall–Kier alpha value is -3.93. The Morgan fingerprint density at radius 1 is 0.966 bits per heavy atom. The third-order valence-corrected chi connectivity index (χ3v) is 4.22. The fraction of sp³-hybridized carbons (Fsp3) is 0.0435. The number of carbonyl (C=O) groups excluding carboxylic acids is 1. The van der Waals surface area contributed by atoms with Gasteiger partial charge >= 0.3 is 0 Å². The second kappa shape index (κ2) is 8.39. The summed E-state index contributed by atoms with van der Waals surface area (Å²) in [7, 11) is 0. The number of nitrogens with one attached hydrogen (secondary N) is 1. The van der Waals surface area contributed by atoms with Crippen LogP contribution in [0.5, 0.6) is 11.5 Å². The first-order valence-electron chi connectivity index (χ1n) is 9.01. The van der Waals surface area contributed by atoms with E-state index in [4.69, 9.17) is 9.26 Å². The summed E-state index contributed by atoms with van der Waals surface area (Å²) in [5.41, 5.74) is 1.68. The molecular formula is C23H17FN2O3. The number of rotatable bonds is 6. The average Bonchev–Trinajstić information content (AvgIpc) is 3.23. The zero-order valence-corrected chi connectivity index (χ0v) is 15.3. The average molecular weight is 388 g/mol. The molecule has 0 atom stereocenters. The van der Waals surface area contributed by atoms with E-state index >= 15 is 0 Å². The Morgan fingerprint density at radius 2 is 1.69 bits per heavy atom. The Morgan fingerprint density at radius 3 is 2.48 bits per heavy atom. The van der Waals surface area contributed by atoms with Crippen molar-refractivity contribution in [3.8, 4) is 22.8 Å². The molecule has 1 aromatic heterocycles. The topological polar surface area (TPSA) is 64.4 Å². The van der Waals surface area contributed by atoms with Gasteiger partial charge in [-0.15, -0.1) is 0 Å². The van der Waals surface area contributed by atoms with Gasteiger partial charge in [-0.1, -0.05) is 35.5 Å². The smallest absolute Gasteiger partial charge is 0.255 e. The summed E-state index contributed by atoms with van der Waals surface area (Å²) >= 11 is 0. The normalized spacial score (nSPS) is 10.5. The van der Waals surface area contributed by atoms with Gasteiger partial charge in [-0.3, -0.25) is 4.79 Å². The number of ether oxygens (including phenoxy) is 1. The summed E-state index contributed by atoms with van der Waals surface area (Å²) in [5, 5.41) is 6.77. The summed E-state index contributed by atoms with van der Waals surface area (Å²) in [4.78, 5) is 12.7. The van der Waals surface area contributed by atoms with Gasteiger partial charge in [-0.05, 0) is 48.5 Å². The molecule has 0 saturated heterocycles. The van der Waals surface area contributed by atoms with Crippen LogP contribution in [-0.2, 0) is 6.54 Å². The van der Waals surface area contributed by atoms with E-state index in [1.54, 1.807) is 36.4 Å². The molecule has 4 rings (SSSR count). The predicted octanol–water partition coefficient (Wildman–Crippen LogP) is 5.20. The Bertz CT molecular complexity index is 1110. The van der Waals surface area contributed by atoms with Gasteiger partial charge in [0.15, 0.2) is 5.76 Å². The van der Waals surface area contributed by atoms with Crippen molar-refractivity contribution >= 4 is 5.91 Å². The Labute approximate surface area is 166 Å². The molecule has 0 bridgehead atoms. The van der Waals surface area contributed by atoms with Crippen LogP contribution in [0.4, 0.5) is 4.39 Å². The molecule has 0 radical (unpaired) electrons. The van der Waals surface area contributed by atoms with Gasteiger partial charge in [0.05, 0.1) is 12.1 Å². The van der Waals surface area contributed by atoms with Gasteiger partial charge in [0, 0.05) is 11.6 Å². The number of halogens is 1. The van der Waals surface area contributed by atoms with Crippen molar-refractivity contribution in [2.45, 2.75) is 6.54 Å². The van der Waals surface area contributed by atoms with Crippen molar-refractivity contribution < 1.29 is 18.4 Å². The molecule has 0 spiro atoms. The summed E-state index contributed by atoms with van der Waals surface area (Å²) in [6, 6.07) is 23.9. The lowest BCUT2D eigenvalue weighted by Gasteiger charge is -2.10. The van der Waals surface area contributed by atoms with E-state index < -0.39 is 0 Å².